The van der Waals surface area contributed by atoms with E-state index in [4.69, 9.17) is 9.47 Å². The van der Waals surface area contributed by atoms with Crippen LogP contribution in [0.4, 0.5) is 9.59 Å². The van der Waals surface area contributed by atoms with Crippen molar-refractivity contribution in [1.29, 1.82) is 0 Å². The Bertz CT molecular complexity index is 457. The third kappa shape index (κ3) is 5.42. The van der Waals surface area contributed by atoms with E-state index in [9.17, 15) is 9.59 Å². The maximum absolute atomic E-state index is 12.5. The number of ether oxygens (including phenoxy) is 2. The van der Waals surface area contributed by atoms with Crippen LogP contribution in [0.3, 0.4) is 0 Å². The Morgan fingerprint density at radius 3 is 2.48 bits per heavy atom. The number of hydrogen-bond acceptors (Lipinski definition) is 4. The molecule has 0 radical (unpaired) electrons. The summed E-state index contributed by atoms with van der Waals surface area (Å²) in [7, 11) is 0. The van der Waals surface area contributed by atoms with Crippen molar-refractivity contribution in [1.82, 2.24) is 15.5 Å². The lowest BCUT2D eigenvalue weighted by atomic mass is 10.1. The van der Waals surface area contributed by atoms with Crippen molar-refractivity contribution in [2.75, 3.05) is 13.1 Å². The highest BCUT2D eigenvalue weighted by Gasteiger charge is 2.49. The van der Waals surface area contributed by atoms with Gasteiger partial charge in [0, 0.05) is 13.1 Å². The third-order valence-electron chi connectivity index (χ3n) is 3.40. The molecule has 0 saturated carbocycles. The lowest BCUT2D eigenvalue weighted by molar-refractivity contribution is -0.0756. The quantitative estimate of drug-likeness (QED) is 0.776. The van der Waals surface area contributed by atoms with E-state index in [-0.39, 0.29) is 24.7 Å². The van der Waals surface area contributed by atoms with E-state index in [1.54, 1.807) is 11.0 Å². The summed E-state index contributed by atoms with van der Waals surface area (Å²) in [6.07, 6.45) is 0.916. The van der Waals surface area contributed by atoms with Crippen molar-refractivity contribution in [3.8, 4) is 0 Å². The highest BCUT2D eigenvalue weighted by Crippen LogP contribution is 2.33. The van der Waals surface area contributed by atoms with Gasteiger partial charge in [-0.05, 0) is 41.5 Å². The molecule has 0 aliphatic carbocycles. The summed E-state index contributed by atoms with van der Waals surface area (Å²) in [5.41, 5.74) is -1.40. The summed E-state index contributed by atoms with van der Waals surface area (Å²) in [5, 5.41) is 5.38. The lowest BCUT2D eigenvalue weighted by Crippen LogP contribution is -2.54. The molecule has 1 fully saturated rings. The molecule has 0 aromatic rings. The van der Waals surface area contributed by atoms with Crippen molar-refractivity contribution in [3.05, 3.63) is 12.7 Å². The number of nitrogens with zero attached hydrogens (tertiary/aromatic N) is 1. The van der Waals surface area contributed by atoms with Crippen LogP contribution in [0.5, 0.6) is 0 Å². The Kier molecular flexibility index (Phi) is 6.04. The Balaban J connectivity index is 2.79. The SMILES string of the molecule is C=CCNC(=O)NC[C@@H]1[C@@H](C)OC(C)(C)N1C(=O)OC(C)(C)C. The number of carbonyl (C=O) groups is 2. The molecule has 0 bridgehead atoms. The van der Waals surface area contributed by atoms with Gasteiger partial charge in [0.25, 0.3) is 0 Å². The van der Waals surface area contributed by atoms with Gasteiger partial charge in [-0.3, -0.25) is 4.90 Å². The van der Waals surface area contributed by atoms with Crippen LogP contribution in [-0.4, -0.2) is 53.6 Å². The fourth-order valence-electron chi connectivity index (χ4n) is 2.55. The fourth-order valence-corrected chi connectivity index (χ4v) is 2.55. The smallest absolute Gasteiger partial charge is 0.412 e. The molecule has 1 aliphatic rings. The minimum Gasteiger partial charge on any atom is -0.444 e. The van der Waals surface area contributed by atoms with Gasteiger partial charge >= 0.3 is 12.1 Å². The van der Waals surface area contributed by atoms with Crippen LogP contribution in [0.15, 0.2) is 12.7 Å². The van der Waals surface area contributed by atoms with Crippen LogP contribution < -0.4 is 10.6 Å². The zero-order valence-electron chi connectivity index (χ0n) is 14.9. The molecule has 2 atom stereocenters. The summed E-state index contributed by atoms with van der Waals surface area (Å²) in [6.45, 7) is 15.1. The molecule has 7 heteroatoms. The van der Waals surface area contributed by atoms with E-state index in [0.29, 0.717) is 6.54 Å². The third-order valence-corrected chi connectivity index (χ3v) is 3.40. The first-order valence-electron chi connectivity index (χ1n) is 7.80. The molecule has 1 aliphatic heterocycles. The predicted octanol–water partition coefficient (Wildman–Crippen LogP) is 2.23. The van der Waals surface area contributed by atoms with Gasteiger partial charge in [0.05, 0.1) is 12.1 Å². The first-order chi connectivity index (χ1) is 10.5. The van der Waals surface area contributed by atoms with Gasteiger partial charge in [-0.2, -0.15) is 0 Å². The van der Waals surface area contributed by atoms with Crippen LogP contribution in [0.1, 0.15) is 41.5 Å². The Labute approximate surface area is 138 Å². The van der Waals surface area contributed by atoms with Crippen molar-refractivity contribution in [2.45, 2.75) is 65.0 Å². The van der Waals surface area contributed by atoms with Gasteiger partial charge in [0.15, 0.2) is 0 Å². The van der Waals surface area contributed by atoms with Gasteiger partial charge in [-0.15, -0.1) is 6.58 Å². The van der Waals surface area contributed by atoms with E-state index >= 15 is 0 Å². The number of urea groups is 1. The first-order valence-corrected chi connectivity index (χ1v) is 7.80. The highest BCUT2D eigenvalue weighted by molar-refractivity contribution is 5.74. The largest absolute Gasteiger partial charge is 0.444 e. The number of rotatable bonds is 4. The molecular formula is C16H29N3O4. The second kappa shape index (κ2) is 7.21. The highest BCUT2D eigenvalue weighted by atomic mass is 16.6. The van der Waals surface area contributed by atoms with Gasteiger partial charge in [0.2, 0.25) is 0 Å². The van der Waals surface area contributed by atoms with E-state index in [1.807, 2.05) is 41.5 Å². The van der Waals surface area contributed by atoms with Crippen molar-refractivity contribution in [2.24, 2.45) is 0 Å². The summed E-state index contributed by atoms with van der Waals surface area (Å²) in [6, 6.07) is -0.625. The van der Waals surface area contributed by atoms with Crippen LogP contribution in [-0.2, 0) is 9.47 Å². The molecule has 23 heavy (non-hydrogen) atoms. The Hall–Kier alpha value is -1.76. The van der Waals surface area contributed by atoms with Crippen LogP contribution in [0, 0.1) is 0 Å². The second-order valence-electron chi connectivity index (χ2n) is 7.07. The predicted molar refractivity (Wildman–Crippen MR) is 88.1 cm³/mol. The average Bonchev–Trinajstić information content (AvgIpc) is 2.60. The number of hydrogen-bond donors (Lipinski definition) is 2. The van der Waals surface area contributed by atoms with Gasteiger partial charge in [-0.1, -0.05) is 6.08 Å². The van der Waals surface area contributed by atoms with Crippen LogP contribution in [0.2, 0.25) is 0 Å². The molecule has 0 unspecified atom stereocenters. The Morgan fingerprint density at radius 2 is 1.96 bits per heavy atom. The van der Waals surface area contributed by atoms with E-state index in [1.165, 1.54) is 0 Å². The molecule has 2 N–H and O–H groups in total. The van der Waals surface area contributed by atoms with E-state index < -0.39 is 17.4 Å². The molecule has 0 spiro atoms. The normalized spacial score (nSPS) is 23.3. The van der Waals surface area contributed by atoms with Gasteiger partial charge in [0.1, 0.15) is 11.3 Å². The van der Waals surface area contributed by atoms with Gasteiger partial charge < -0.3 is 20.1 Å². The number of nitrogens with one attached hydrogen (secondary N) is 2. The second-order valence-corrected chi connectivity index (χ2v) is 7.07. The number of carbonyl (C=O) groups excluding carboxylic acids is 2. The average molecular weight is 327 g/mol. The molecule has 3 amide bonds. The lowest BCUT2D eigenvalue weighted by Gasteiger charge is -2.35. The molecule has 132 valence electrons. The number of amides is 3. The Morgan fingerprint density at radius 1 is 1.35 bits per heavy atom. The molecular weight excluding hydrogens is 298 g/mol. The fraction of sp³-hybridized carbons (Fsp3) is 0.750. The van der Waals surface area contributed by atoms with Gasteiger partial charge in [-0.25, -0.2) is 9.59 Å². The molecule has 0 aromatic heterocycles. The molecule has 7 nitrogen and oxygen atoms in total. The van der Waals surface area contributed by atoms with Crippen molar-refractivity contribution < 1.29 is 19.1 Å². The minimum atomic E-state index is -0.800. The zero-order chi connectivity index (χ0) is 17.8. The summed E-state index contributed by atoms with van der Waals surface area (Å²) < 4.78 is 11.3. The van der Waals surface area contributed by atoms with Crippen LogP contribution >= 0.6 is 0 Å². The molecule has 1 saturated heterocycles. The maximum atomic E-state index is 12.5. The topological polar surface area (TPSA) is 79.9 Å². The van der Waals surface area contributed by atoms with E-state index in [0.717, 1.165) is 0 Å². The summed E-state index contributed by atoms with van der Waals surface area (Å²) >= 11 is 0. The standard InChI is InChI=1S/C16H29N3O4/c1-8-9-17-13(20)18-10-12-11(2)22-16(6,7)19(12)14(21)23-15(3,4)5/h8,11-12H,1,9-10H2,2-7H3,(H2,17,18,20)/t11-,12-/m1/s1. The molecule has 1 heterocycles. The monoisotopic (exact) mass is 327 g/mol. The molecule has 0 aromatic carbocycles. The summed E-state index contributed by atoms with van der Waals surface area (Å²) in [5.74, 6) is 0. The maximum Gasteiger partial charge on any atom is 0.412 e. The zero-order valence-corrected chi connectivity index (χ0v) is 14.9. The summed E-state index contributed by atoms with van der Waals surface area (Å²) in [4.78, 5) is 25.8. The van der Waals surface area contributed by atoms with Crippen molar-refractivity contribution >= 4 is 12.1 Å². The van der Waals surface area contributed by atoms with E-state index in [2.05, 4.69) is 17.2 Å². The molecule has 1 rings (SSSR count). The first kappa shape index (κ1) is 19.3. The van der Waals surface area contributed by atoms with Crippen molar-refractivity contribution in [3.63, 3.8) is 0 Å². The minimum absolute atomic E-state index is 0.225. The van der Waals surface area contributed by atoms with Crippen LogP contribution in [0.25, 0.3) is 0 Å².